The van der Waals surface area contributed by atoms with Crippen LogP contribution >= 0.6 is 0 Å². The molecule has 1 heterocycles. The van der Waals surface area contributed by atoms with E-state index in [1.807, 2.05) is 32.9 Å². The van der Waals surface area contributed by atoms with Crippen LogP contribution in [0.15, 0.2) is 40.3 Å². The molecule has 1 aliphatic heterocycles. The number of nitrogens with zero attached hydrogens (tertiary/aromatic N) is 3. The average Bonchev–Trinajstić information content (AvgIpc) is 3.19. The fourth-order valence-electron chi connectivity index (χ4n) is 3.56. The van der Waals surface area contributed by atoms with E-state index in [0.717, 1.165) is 41.2 Å². The Balaban J connectivity index is 1.88. The molecule has 2 aromatic carbocycles. The first-order valence-corrected chi connectivity index (χ1v) is 10.8. The van der Waals surface area contributed by atoms with Crippen molar-refractivity contribution in [3.05, 3.63) is 62.7 Å². The highest BCUT2D eigenvalue weighted by atomic mass is 32.2. The van der Waals surface area contributed by atoms with E-state index in [2.05, 4.69) is 10.5 Å². The number of anilines is 1. The zero-order valence-corrected chi connectivity index (χ0v) is 17.5. The van der Waals surface area contributed by atoms with E-state index in [9.17, 15) is 18.5 Å². The van der Waals surface area contributed by atoms with Crippen molar-refractivity contribution >= 4 is 27.6 Å². The quantitative estimate of drug-likeness (QED) is 0.439. The van der Waals surface area contributed by atoms with Crippen LogP contribution < -0.4 is 5.43 Å². The SMILES string of the molecule is Cc1cc(C)c(/C=N/Nc2ccc(S(=O)(=O)N3CCCC3)cc2[N+](=O)[O-])c(C)c1. The number of hydrogen-bond donors (Lipinski definition) is 1. The maximum Gasteiger partial charge on any atom is 0.295 e. The Bertz CT molecular complexity index is 1050. The number of benzene rings is 2. The molecule has 8 nitrogen and oxygen atoms in total. The second-order valence-electron chi connectivity index (χ2n) is 7.23. The maximum absolute atomic E-state index is 12.7. The molecule has 0 amide bonds. The Morgan fingerprint density at radius 2 is 1.72 bits per heavy atom. The third-order valence-electron chi connectivity index (χ3n) is 4.99. The monoisotopic (exact) mass is 416 g/mol. The van der Waals surface area contributed by atoms with Crippen molar-refractivity contribution < 1.29 is 13.3 Å². The van der Waals surface area contributed by atoms with Gasteiger partial charge in [-0.3, -0.25) is 15.5 Å². The van der Waals surface area contributed by atoms with Crippen molar-refractivity contribution in [3.8, 4) is 0 Å². The average molecular weight is 417 g/mol. The summed E-state index contributed by atoms with van der Waals surface area (Å²) in [5.74, 6) is 0. The molecule has 2 aromatic rings. The summed E-state index contributed by atoms with van der Waals surface area (Å²) < 4.78 is 26.7. The van der Waals surface area contributed by atoms with Gasteiger partial charge in [0.15, 0.2) is 0 Å². The minimum atomic E-state index is -3.73. The number of rotatable bonds is 6. The van der Waals surface area contributed by atoms with Gasteiger partial charge >= 0.3 is 0 Å². The number of nitro groups is 1. The highest BCUT2D eigenvalue weighted by Gasteiger charge is 2.29. The molecule has 0 unspecified atom stereocenters. The van der Waals surface area contributed by atoms with Crippen molar-refractivity contribution in [2.75, 3.05) is 18.5 Å². The molecule has 1 N–H and O–H groups in total. The lowest BCUT2D eigenvalue weighted by Crippen LogP contribution is -2.27. The van der Waals surface area contributed by atoms with Gasteiger partial charge in [-0.25, -0.2) is 8.42 Å². The van der Waals surface area contributed by atoms with Crippen molar-refractivity contribution in [3.63, 3.8) is 0 Å². The molecule has 1 aliphatic rings. The van der Waals surface area contributed by atoms with E-state index in [0.29, 0.717) is 13.1 Å². The molecule has 1 fully saturated rings. The van der Waals surface area contributed by atoms with Gasteiger partial charge in [0.1, 0.15) is 5.69 Å². The predicted octanol–water partition coefficient (Wildman–Crippen LogP) is 3.75. The Morgan fingerprint density at radius 3 is 2.31 bits per heavy atom. The van der Waals surface area contributed by atoms with Gasteiger partial charge in [0.05, 0.1) is 16.0 Å². The van der Waals surface area contributed by atoms with Crippen LogP contribution in [0.5, 0.6) is 0 Å². The third-order valence-corrected chi connectivity index (χ3v) is 6.88. The molecule has 0 radical (unpaired) electrons. The maximum atomic E-state index is 12.7. The van der Waals surface area contributed by atoms with Gasteiger partial charge in [-0.05, 0) is 56.9 Å². The number of aryl methyl sites for hydroxylation is 3. The van der Waals surface area contributed by atoms with Crippen LogP contribution in [0.25, 0.3) is 0 Å². The van der Waals surface area contributed by atoms with Crippen LogP contribution in [0.1, 0.15) is 35.1 Å². The number of nitro benzene ring substituents is 1. The molecular formula is C20H24N4O4S. The highest BCUT2D eigenvalue weighted by Crippen LogP contribution is 2.30. The second-order valence-corrected chi connectivity index (χ2v) is 9.17. The normalized spacial score (nSPS) is 15.1. The molecule has 9 heteroatoms. The first-order valence-electron chi connectivity index (χ1n) is 9.35. The fraction of sp³-hybridized carbons (Fsp3) is 0.350. The summed E-state index contributed by atoms with van der Waals surface area (Å²) >= 11 is 0. The molecule has 29 heavy (non-hydrogen) atoms. The summed E-state index contributed by atoms with van der Waals surface area (Å²) in [6.07, 6.45) is 3.21. The second kappa shape index (κ2) is 8.30. The van der Waals surface area contributed by atoms with Gasteiger partial charge in [-0.15, -0.1) is 0 Å². The number of hydrazone groups is 1. The van der Waals surface area contributed by atoms with Crippen LogP contribution in [0, 0.1) is 30.9 Å². The first kappa shape index (κ1) is 20.9. The molecular weight excluding hydrogens is 392 g/mol. The van der Waals surface area contributed by atoms with E-state index in [1.54, 1.807) is 6.21 Å². The minimum Gasteiger partial charge on any atom is -0.272 e. The van der Waals surface area contributed by atoms with Gasteiger partial charge in [-0.2, -0.15) is 9.41 Å². The van der Waals surface area contributed by atoms with Gasteiger partial charge in [0.25, 0.3) is 5.69 Å². The zero-order chi connectivity index (χ0) is 21.2. The van der Waals surface area contributed by atoms with E-state index in [-0.39, 0.29) is 16.3 Å². The van der Waals surface area contributed by atoms with Gasteiger partial charge in [0.2, 0.25) is 10.0 Å². The topological polar surface area (TPSA) is 105 Å². The van der Waals surface area contributed by atoms with Crippen molar-refractivity contribution in [2.45, 2.75) is 38.5 Å². The molecule has 0 spiro atoms. The van der Waals surface area contributed by atoms with Crippen molar-refractivity contribution in [1.29, 1.82) is 0 Å². The van der Waals surface area contributed by atoms with Crippen LogP contribution in [0.2, 0.25) is 0 Å². The summed E-state index contributed by atoms with van der Waals surface area (Å²) in [5.41, 5.74) is 6.66. The summed E-state index contributed by atoms with van der Waals surface area (Å²) in [6, 6.07) is 7.92. The molecule has 0 saturated carbocycles. The molecule has 3 rings (SSSR count). The fourth-order valence-corrected chi connectivity index (χ4v) is 5.09. The smallest absolute Gasteiger partial charge is 0.272 e. The molecule has 154 valence electrons. The molecule has 0 bridgehead atoms. The minimum absolute atomic E-state index is 0.0779. The summed E-state index contributed by atoms with van der Waals surface area (Å²) in [5, 5.41) is 15.6. The molecule has 0 atom stereocenters. The highest BCUT2D eigenvalue weighted by molar-refractivity contribution is 7.89. The first-order chi connectivity index (χ1) is 13.7. The summed E-state index contributed by atoms with van der Waals surface area (Å²) in [4.78, 5) is 10.8. The van der Waals surface area contributed by atoms with Crippen molar-refractivity contribution in [1.82, 2.24) is 4.31 Å². The van der Waals surface area contributed by atoms with Gasteiger partial charge < -0.3 is 0 Å². The van der Waals surface area contributed by atoms with Crippen LogP contribution in [-0.4, -0.2) is 37.0 Å². The standard InChI is InChI=1S/C20H24N4O4S/c1-14-10-15(2)18(16(3)11-14)13-21-22-19-7-6-17(12-20(19)24(25)26)29(27,28)23-8-4-5-9-23/h6-7,10-13,22H,4-5,8-9H2,1-3H3/b21-13+. The van der Waals surface area contributed by atoms with Gasteiger partial charge in [-0.1, -0.05) is 17.7 Å². The Hall–Kier alpha value is -2.78. The zero-order valence-electron chi connectivity index (χ0n) is 16.7. The molecule has 1 saturated heterocycles. The lowest BCUT2D eigenvalue weighted by atomic mass is 10.0. The molecule has 0 aliphatic carbocycles. The van der Waals surface area contributed by atoms with Crippen molar-refractivity contribution in [2.24, 2.45) is 5.10 Å². The lowest BCUT2D eigenvalue weighted by Gasteiger charge is -2.15. The predicted molar refractivity (Wildman–Crippen MR) is 113 cm³/mol. The van der Waals surface area contributed by atoms with Crippen LogP contribution in [0.3, 0.4) is 0 Å². The Labute approximate surface area is 170 Å². The van der Waals surface area contributed by atoms with E-state index >= 15 is 0 Å². The summed E-state index contributed by atoms with van der Waals surface area (Å²) in [6.45, 7) is 6.84. The largest absolute Gasteiger partial charge is 0.295 e. The van der Waals surface area contributed by atoms with E-state index in [1.165, 1.54) is 16.4 Å². The van der Waals surface area contributed by atoms with Crippen LogP contribution in [-0.2, 0) is 10.0 Å². The van der Waals surface area contributed by atoms with E-state index < -0.39 is 14.9 Å². The number of hydrogen-bond acceptors (Lipinski definition) is 6. The van der Waals surface area contributed by atoms with Gasteiger partial charge in [0, 0.05) is 24.7 Å². The number of nitrogens with one attached hydrogen (secondary N) is 1. The Kier molecular flexibility index (Phi) is 5.99. The Morgan fingerprint density at radius 1 is 1.10 bits per heavy atom. The van der Waals surface area contributed by atoms with E-state index in [4.69, 9.17) is 0 Å². The molecule has 0 aromatic heterocycles. The summed E-state index contributed by atoms with van der Waals surface area (Å²) in [7, 11) is -3.73. The lowest BCUT2D eigenvalue weighted by molar-refractivity contribution is -0.384. The number of sulfonamides is 1. The van der Waals surface area contributed by atoms with Crippen LogP contribution in [0.4, 0.5) is 11.4 Å². The third kappa shape index (κ3) is 4.46.